The van der Waals surface area contributed by atoms with Gasteiger partial charge in [0.2, 0.25) is 0 Å². The largest absolute Gasteiger partial charge is 0.483 e. The third-order valence-corrected chi connectivity index (χ3v) is 2.74. The molecule has 0 saturated carbocycles. The highest BCUT2D eigenvalue weighted by Gasteiger charge is 2.07. The van der Waals surface area contributed by atoms with Crippen molar-refractivity contribution in [2.75, 3.05) is 17.7 Å². The highest BCUT2D eigenvalue weighted by atomic mass is 16.5. The van der Waals surface area contributed by atoms with Crippen LogP contribution in [0, 0.1) is 0 Å². The molecule has 0 aliphatic carbocycles. The lowest BCUT2D eigenvalue weighted by Gasteiger charge is -2.11. The molecule has 0 saturated heterocycles. The van der Waals surface area contributed by atoms with Crippen molar-refractivity contribution in [2.45, 2.75) is 6.61 Å². The summed E-state index contributed by atoms with van der Waals surface area (Å²) in [6.45, 7) is -0.283. The van der Waals surface area contributed by atoms with Crippen molar-refractivity contribution in [1.29, 1.82) is 0 Å². The van der Waals surface area contributed by atoms with Crippen molar-refractivity contribution >= 4 is 17.3 Å². The molecule has 0 atom stereocenters. The zero-order chi connectivity index (χ0) is 14.4. The number of rotatable bonds is 5. The van der Waals surface area contributed by atoms with Gasteiger partial charge in [0.05, 0.1) is 18.0 Å². The Hall–Kier alpha value is -2.53. The first-order chi connectivity index (χ1) is 9.70. The molecule has 2 aromatic carbocycles. The van der Waals surface area contributed by atoms with Crippen molar-refractivity contribution < 1.29 is 14.6 Å². The molecular formula is C15H16N2O3. The Labute approximate surface area is 117 Å². The molecule has 104 valence electrons. The first-order valence-corrected chi connectivity index (χ1v) is 6.16. The number of carbonyl (C=O) groups is 1. The van der Waals surface area contributed by atoms with Gasteiger partial charge in [0.15, 0.2) is 6.61 Å². The van der Waals surface area contributed by atoms with Gasteiger partial charge in [0.25, 0.3) is 5.91 Å². The molecule has 0 radical (unpaired) electrons. The average molecular weight is 272 g/mol. The number of para-hydroxylation sites is 3. The number of hydrogen-bond acceptors (Lipinski definition) is 4. The summed E-state index contributed by atoms with van der Waals surface area (Å²) < 4.78 is 5.39. The van der Waals surface area contributed by atoms with E-state index in [0.29, 0.717) is 22.7 Å². The fraction of sp³-hybridized carbons (Fsp3) is 0.133. The van der Waals surface area contributed by atoms with Crippen molar-refractivity contribution in [3.63, 3.8) is 0 Å². The monoisotopic (exact) mass is 272 g/mol. The van der Waals surface area contributed by atoms with E-state index in [-0.39, 0.29) is 19.1 Å². The molecule has 0 spiro atoms. The zero-order valence-electron chi connectivity index (χ0n) is 10.9. The van der Waals surface area contributed by atoms with Gasteiger partial charge in [-0.15, -0.1) is 0 Å². The van der Waals surface area contributed by atoms with E-state index in [4.69, 9.17) is 15.6 Å². The predicted octanol–water partition coefficient (Wildman–Crippen LogP) is 1.78. The van der Waals surface area contributed by atoms with Crippen LogP contribution in [0.3, 0.4) is 0 Å². The van der Waals surface area contributed by atoms with Crippen LogP contribution in [0.5, 0.6) is 5.75 Å². The summed E-state index contributed by atoms with van der Waals surface area (Å²) in [5.74, 6) is 0.182. The molecular weight excluding hydrogens is 256 g/mol. The molecule has 5 heteroatoms. The fourth-order valence-corrected chi connectivity index (χ4v) is 1.72. The molecule has 0 aliphatic heterocycles. The Morgan fingerprint density at radius 2 is 1.85 bits per heavy atom. The topological polar surface area (TPSA) is 84.6 Å². The maximum Gasteiger partial charge on any atom is 0.262 e. The van der Waals surface area contributed by atoms with Crippen molar-refractivity contribution in [3.05, 3.63) is 54.1 Å². The van der Waals surface area contributed by atoms with E-state index in [1.165, 1.54) is 0 Å². The van der Waals surface area contributed by atoms with Gasteiger partial charge in [0.1, 0.15) is 5.75 Å². The molecule has 20 heavy (non-hydrogen) atoms. The maximum absolute atomic E-state index is 11.8. The van der Waals surface area contributed by atoms with E-state index in [1.807, 2.05) is 0 Å². The smallest absolute Gasteiger partial charge is 0.262 e. The zero-order valence-corrected chi connectivity index (χ0v) is 10.9. The summed E-state index contributed by atoms with van der Waals surface area (Å²) in [4.78, 5) is 11.8. The van der Waals surface area contributed by atoms with Gasteiger partial charge < -0.3 is 20.9 Å². The molecule has 2 aromatic rings. The molecule has 5 nitrogen and oxygen atoms in total. The Morgan fingerprint density at radius 1 is 1.15 bits per heavy atom. The third-order valence-electron chi connectivity index (χ3n) is 2.74. The second kappa shape index (κ2) is 6.58. The highest BCUT2D eigenvalue weighted by Crippen LogP contribution is 2.19. The second-order valence-electron chi connectivity index (χ2n) is 4.19. The lowest BCUT2D eigenvalue weighted by molar-refractivity contribution is -0.118. The molecule has 0 aliphatic rings. The van der Waals surface area contributed by atoms with Gasteiger partial charge in [-0.25, -0.2) is 0 Å². The summed E-state index contributed by atoms with van der Waals surface area (Å²) in [6.07, 6.45) is 0. The minimum absolute atomic E-state index is 0.135. The first-order valence-electron chi connectivity index (χ1n) is 6.16. The fourth-order valence-electron chi connectivity index (χ4n) is 1.72. The number of anilines is 2. The number of nitrogens with one attached hydrogen (secondary N) is 1. The normalized spacial score (nSPS) is 10.1. The summed E-state index contributed by atoms with van der Waals surface area (Å²) in [7, 11) is 0. The number of amides is 1. The van der Waals surface area contributed by atoms with Gasteiger partial charge >= 0.3 is 0 Å². The van der Waals surface area contributed by atoms with Crippen molar-refractivity contribution in [3.8, 4) is 5.75 Å². The molecule has 0 heterocycles. The molecule has 0 unspecified atom stereocenters. The van der Waals surface area contributed by atoms with Crippen LogP contribution in [-0.2, 0) is 11.4 Å². The molecule has 0 aromatic heterocycles. The van der Waals surface area contributed by atoms with Crippen LogP contribution < -0.4 is 15.8 Å². The van der Waals surface area contributed by atoms with Crippen LogP contribution in [0.15, 0.2) is 48.5 Å². The standard InChI is InChI=1S/C15H16N2O3/c16-12-6-2-3-7-13(12)17-15(19)10-20-14-8-4-1-5-11(14)9-18/h1-8,18H,9-10,16H2,(H,17,19). The number of nitrogens with two attached hydrogens (primary N) is 1. The van der Waals surface area contributed by atoms with Crippen LogP contribution in [0.4, 0.5) is 11.4 Å². The van der Waals surface area contributed by atoms with E-state index < -0.39 is 0 Å². The minimum atomic E-state index is -0.310. The Morgan fingerprint density at radius 3 is 2.60 bits per heavy atom. The van der Waals surface area contributed by atoms with E-state index >= 15 is 0 Å². The minimum Gasteiger partial charge on any atom is -0.483 e. The Balaban J connectivity index is 1.94. The molecule has 0 bridgehead atoms. The van der Waals surface area contributed by atoms with Gasteiger partial charge in [-0.2, -0.15) is 0 Å². The summed E-state index contributed by atoms with van der Waals surface area (Å²) >= 11 is 0. The van der Waals surface area contributed by atoms with Crippen molar-refractivity contribution in [1.82, 2.24) is 0 Å². The predicted molar refractivity (Wildman–Crippen MR) is 77.3 cm³/mol. The van der Waals surface area contributed by atoms with Crippen molar-refractivity contribution in [2.24, 2.45) is 0 Å². The number of benzene rings is 2. The van der Waals surface area contributed by atoms with Gasteiger partial charge in [-0.1, -0.05) is 30.3 Å². The average Bonchev–Trinajstić information content (AvgIpc) is 2.48. The molecule has 0 fully saturated rings. The number of aliphatic hydroxyl groups excluding tert-OH is 1. The SMILES string of the molecule is Nc1ccccc1NC(=O)COc1ccccc1CO. The number of aliphatic hydroxyl groups is 1. The number of carbonyl (C=O) groups excluding carboxylic acids is 1. The van der Waals surface area contributed by atoms with Crippen LogP contribution in [0.1, 0.15) is 5.56 Å². The summed E-state index contributed by atoms with van der Waals surface area (Å²) in [6, 6.07) is 14.0. The summed E-state index contributed by atoms with van der Waals surface area (Å²) in [5.41, 5.74) is 7.42. The third kappa shape index (κ3) is 3.49. The number of nitrogen functional groups attached to an aromatic ring is 1. The highest BCUT2D eigenvalue weighted by molar-refractivity contribution is 5.94. The quantitative estimate of drug-likeness (QED) is 0.724. The van der Waals surface area contributed by atoms with Gasteiger partial charge in [0, 0.05) is 5.56 Å². The summed E-state index contributed by atoms with van der Waals surface area (Å²) in [5, 5.41) is 11.8. The van der Waals surface area contributed by atoms with Crippen LogP contribution in [-0.4, -0.2) is 17.6 Å². The second-order valence-corrected chi connectivity index (χ2v) is 4.19. The Kier molecular flexibility index (Phi) is 4.57. The lowest BCUT2D eigenvalue weighted by atomic mass is 10.2. The number of hydrogen-bond donors (Lipinski definition) is 3. The van der Waals surface area contributed by atoms with Gasteiger partial charge in [-0.05, 0) is 18.2 Å². The molecule has 1 amide bonds. The first kappa shape index (κ1) is 13.9. The molecule has 4 N–H and O–H groups in total. The number of ether oxygens (including phenoxy) is 1. The van der Waals surface area contributed by atoms with Crippen LogP contribution in [0.2, 0.25) is 0 Å². The lowest BCUT2D eigenvalue weighted by Crippen LogP contribution is -2.21. The Bertz CT molecular complexity index is 599. The van der Waals surface area contributed by atoms with E-state index in [2.05, 4.69) is 5.32 Å². The van der Waals surface area contributed by atoms with E-state index in [9.17, 15) is 4.79 Å². The molecule has 2 rings (SSSR count). The maximum atomic E-state index is 11.8. The van der Waals surface area contributed by atoms with E-state index in [0.717, 1.165) is 0 Å². The van der Waals surface area contributed by atoms with Crippen LogP contribution in [0.25, 0.3) is 0 Å². The van der Waals surface area contributed by atoms with E-state index in [1.54, 1.807) is 48.5 Å². The van der Waals surface area contributed by atoms with Gasteiger partial charge in [-0.3, -0.25) is 4.79 Å². The van der Waals surface area contributed by atoms with Crippen LogP contribution >= 0.6 is 0 Å².